The molecule has 2 aromatic carbocycles. The zero-order chi connectivity index (χ0) is 19.4. The average molecular weight is 438 g/mol. The van der Waals surface area contributed by atoms with Crippen LogP contribution in [0.1, 0.15) is 5.56 Å². The van der Waals surface area contributed by atoms with Gasteiger partial charge in [0, 0.05) is 18.3 Å². The number of nitrogens with zero attached hydrogens (tertiary/aromatic N) is 6. The molecular weight excluding hydrogens is 423 g/mol. The van der Waals surface area contributed by atoms with Crippen molar-refractivity contribution in [1.82, 2.24) is 15.0 Å². The summed E-state index contributed by atoms with van der Waals surface area (Å²) in [6.45, 7) is 0. The lowest BCUT2D eigenvalue weighted by Crippen LogP contribution is -2.13. The topological polar surface area (TPSA) is 116 Å². The van der Waals surface area contributed by atoms with Gasteiger partial charge in [-0.05, 0) is 71.7 Å². The maximum Gasteiger partial charge on any atom is 0.235 e. The van der Waals surface area contributed by atoms with Crippen LogP contribution in [0.15, 0.2) is 58.8 Å². The van der Waals surface area contributed by atoms with Crippen molar-refractivity contribution in [2.45, 2.75) is 0 Å². The van der Waals surface area contributed by atoms with Crippen LogP contribution in [0, 0.1) is 5.41 Å². The molecule has 3 N–H and O–H groups in total. The molecule has 0 spiro atoms. The van der Waals surface area contributed by atoms with Crippen molar-refractivity contribution in [3.8, 4) is 0 Å². The Labute approximate surface area is 177 Å². The third kappa shape index (κ3) is 5.35. The van der Waals surface area contributed by atoms with Crippen LogP contribution in [0.5, 0.6) is 0 Å². The fraction of sp³-hybridized carbons (Fsp3) is 0.0588. The normalized spacial score (nSPS) is 10.5. The molecule has 1 aromatic heterocycles. The van der Waals surface area contributed by atoms with Crippen LogP contribution in [0.25, 0.3) is 0 Å². The summed E-state index contributed by atoms with van der Waals surface area (Å²) in [5.41, 5.74) is 8.22. The van der Waals surface area contributed by atoms with Crippen LogP contribution in [0.2, 0.25) is 10.6 Å². The van der Waals surface area contributed by atoms with Gasteiger partial charge in [0.2, 0.25) is 16.5 Å². The molecule has 0 aliphatic carbocycles. The van der Waals surface area contributed by atoms with Gasteiger partial charge < -0.3 is 10.6 Å². The van der Waals surface area contributed by atoms with E-state index in [0.29, 0.717) is 22.9 Å². The molecule has 8 nitrogen and oxygen atoms in total. The van der Waals surface area contributed by atoms with Crippen molar-refractivity contribution >= 4 is 64.5 Å². The van der Waals surface area contributed by atoms with Crippen LogP contribution >= 0.6 is 35.6 Å². The molecule has 0 bridgehead atoms. The molecule has 0 atom stereocenters. The number of hydrogen-bond donors (Lipinski definition) is 2. The van der Waals surface area contributed by atoms with E-state index in [0.717, 1.165) is 5.69 Å². The molecule has 0 saturated heterocycles. The van der Waals surface area contributed by atoms with Gasteiger partial charge in [-0.3, -0.25) is 5.41 Å². The predicted molar refractivity (Wildman–Crippen MR) is 113 cm³/mol. The Morgan fingerprint density at radius 2 is 1.36 bits per heavy atom. The van der Waals surface area contributed by atoms with Gasteiger partial charge in [0.1, 0.15) is 5.84 Å². The lowest BCUT2D eigenvalue weighted by atomic mass is 10.2. The van der Waals surface area contributed by atoms with Gasteiger partial charge in [0.25, 0.3) is 0 Å². The fourth-order valence-corrected chi connectivity index (χ4v) is 2.50. The molecule has 0 unspecified atom stereocenters. The fourth-order valence-electron chi connectivity index (χ4n) is 2.15. The van der Waals surface area contributed by atoms with Crippen molar-refractivity contribution in [1.29, 1.82) is 5.41 Å². The molecule has 0 saturated carbocycles. The zero-order valence-corrected chi connectivity index (χ0v) is 16.9. The highest BCUT2D eigenvalue weighted by Crippen LogP contribution is 2.25. The number of azo groups is 1. The Morgan fingerprint density at radius 3 is 1.82 bits per heavy atom. The Hall–Kier alpha value is -2.81. The van der Waals surface area contributed by atoms with Gasteiger partial charge in [-0.2, -0.15) is 25.2 Å². The van der Waals surface area contributed by atoms with E-state index in [-0.39, 0.29) is 28.8 Å². The van der Waals surface area contributed by atoms with Gasteiger partial charge >= 0.3 is 0 Å². The van der Waals surface area contributed by atoms with E-state index in [1.807, 2.05) is 24.3 Å². The molecule has 0 radical (unpaired) electrons. The van der Waals surface area contributed by atoms with Gasteiger partial charge in [-0.1, -0.05) is 0 Å². The molecule has 3 aromatic rings. The first-order valence-electron chi connectivity index (χ1n) is 7.69. The quantitative estimate of drug-likeness (QED) is 0.328. The number of nitrogens with two attached hydrogens (primary N) is 1. The minimum Gasteiger partial charge on any atom is -0.384 e. The summed E-state index contributed by atoms with van der Waals surface area (Å²) in [6.07, 6.45) is 0. The molecular formula is C17H15Cl3N8. The van der Waals surface area contributed by atoms with E-state index >= 15 is 0 Å². The van der Waals surface area contributed by atoms with Crippen LogP contribution in [-0.2, 0) is 0 Å². The second-order valence-corrected chi connectivity index (χ2v) is 6.09. The summed E-state index contributed by atoms with van der Waals surface area (Å²) in [7, 11) is 1.79. The first-order valence-corrected chi connectivity index (χ1v) is 8.45. The Bertz CT molecular complexity index is 970. The number of hydrogen-bond acceptors (Lipinski definition) is 7. The standard InChI is InChI=1S/C17H14Cl2N8.ClH/c1-27(17-23-15(18)22-16(19)24-17)13-8-6-12(7-9-13)26-25-11-4-2-10(3-5-11)14(20)21;/h2-9H,1H3,(H3,20,21);1H. The van der Waals surface area contributed by atoms with E-state index < -0.39 is 0 Å². The third-order valence-electron chi connectivity index (χ3n) is 3.57. The molecule has 28 heavy (non-hydrogen) atoms. The third-order valence-corrected chi connectivity index (χ3v) is 3.90. The first kappa shape index (κ1) is 21.5. The Balaban J connectivity index is 0.00000280. The van der Waals surface area contributed by atoms with E-state index in [1.165, 1.54) is 0 Å². The molecule has 3 rings (SSSR count). The second kappa shape index (κ2) is 9.41. The van der Waals surface area contributed by atoms with Gasteiger partial charge in [-0.15, -0.1) is 12.4 Å². The van der Waals surface area contributed by atoms with Crippen LogP contribution < -0.4 is 10.6 Å². The van der Waals surface area contributed by atoms with Crippen molar-refractivity contribution in [2.75, 3.05) is 11.9 Å². The maximum absolute atomic E-state index is 7.38. The van der Waals surface area contributed by atoms with Crippen LogP contribution in [0.3, 0.4) is 0 Å². The van der Waals surface area contributed by atoms with E-state index in [9.17, 15) is 0 Å². The molecule has 0 aliphatic heterocycles. The minimum atomic E-state index is 0. The number of benzene rings is 2. The van der Waals surface area contributed by atoms with E-state index in [2.05, 4.69) is 25.2 Å². The smallest absolute Gasteiger partial charge is 0.235 e. The first-order chi connectivity index (χ1) is 12.9. The lowest BCUT2D eigenvalue weighted by Gasteiger charge is -2.16. The Morgan fingerprint density at radius 1 is 0.893 bits per heavy atom. The Kier molecular flexibility index (Phi) is 7.22. The molecule has 144 valence electrons. The summed E-state index contributed by atoms with van der Waals surface area (Å²) in [5.74, 6) is 0.346. The van der Waals surface area contributed by atoms with Gasteiger partial charge in [0.15, 0.2) is 0 Å². The monoisotopic (exact) mass is 436 g/mol. The van der Waals surface area contributed by atoms with Crippen LogP contribution in [-0.4, -0.2) is 27.8 Å². The summed E-state index contributed by atoms with van der Waals surface area (Å²) < 4.78 is 0. The van der Waals surface area contributed by atoms with E-state index in [1.54, 1.807) is 36.2 Å². The number of nitrogens with one attached hydrogen (secondary N) is 1. The van der Waals surface area contributed by atoms with Crippen molar-refractivity contribution in [3.63, 3.8) is 0 Å². The second-order valence-electron chi connectivity index (χ2n) is 5.41. The SMILES string of the molecule is CN(c1ccc(N=Nc2ccc(C(=N)N)cc2)cc1)c1nc(Cl)nc(Cl)n1.Cl. The van der Waals surface area contributed by atoms with Gasteiger partial charge in [0.05, 0.1) is 11.4 Å². The van der Waals surface area contributed by atoms with E-state index in [4.69, 9.17) is 34.3 Å². The lowest BCUT2D eigenvalue weighted by molar-refractivity contribution is 0.985. The summed E-state index contributed by atoms with van der Waals surface area (Å²) in [6, 6.07) is 14.2. The largest absolute Gasteiger partial charge is 0.384 e. The van der Waals surface area contributed by atoms with Gasteiger partial charge in [-0.25, -0.2) is 0 Å². The summed E-state index contributed by atoms with van der Waals surface area (Å²) in [4.78, 5) is 13.5. The average Bonchev–Trinajstić information content (AvgIpc) is 2.66. The molecule has 1 heterocycles. The van der Waals surface area contributed by atoms with Crippen LogP contribution in [0.4, 0.5) is 23.0 Å². The molecule has 11 heteroatoms. The highest BCUT2D eigenvalue weighted by molar-refractivity contribution is 6.31. The number of rotatable bonds is 5. The molecule has 0 amide bonds. The highest BCUT2D eigenvalue weighted by atomic mass is 35.5. The van der Waals surface area contributed by atoms with Crippen molar-refractivity contribution in [2.24, 2.45) is 16.0 Å². The van der Waals surface area contributed by atoms with Crippen molar-refractivity contribution < 1.29 is 0 Å². The summed E-state index contributed by atoms with van der Waals surface area (Å²) >= 11 is 11.6. The number of halogens is 3. The zero-order valence-electron chi connectivity index (χ0n) is 14.5. The predicted octanol–water partition coefficient (Wildman–Crippen LogP) is 5.07. The number of nitrogen functional groups attached to an aromatic ring is 1. The molecule has 0 aliphatic rings. The number of aromatic nitrogens is 3. The molecule has 0 fully saturated rings. The van der Waals surface area contributed by atoms with Crippen molar-refractivity contribution in [3.05, 3.63) is 64.7 Å². The summed E-state index contributed by atoms with van der Waals surface area (Å²) in [5, 5.41) is 15.8. The highest BCUT2D eigenvalue weighted by Gasteiger charge is 2.10. The number of anilines is 2. The maximum atomic E-state index is 7.38. The minimum absolute atomic E-state index is 0. The number of amidine groups is 1.